The first-order valence-corrected chi connectivity index (χ1v) is 9.83. The van der Waals surface area contributed by atoms with Gasteiger partial charge >= 0.3 is 5.97 Å². The van der Waals surface area contributed by atoms with Crippen LogP contribution in [0.25, 0.3) is 17.0 Å². The van der Waals surface area contributed by atoms with E-state index in [1.54, 1.807) is 17.2 Å². The van der Waals surface area contributed by atoms with Crippen LogP contribution in [0.5, 0.6) is 0 Å². The van der Waals surface area contributed by atoms with E-state index in [9.17, 15) is 9.59 Å². The molecule has 152 valence electrons. The molecule has 0 atom stereocenters. The van der Waals surface area contributed by atoms with E-state index in [2.05, 4.69) is 14.9 Å². The largest absolute Gasteiger partial charge is 0.452 e. The smallest absolute Gasteiger partial charge is 0.331 e. The minimum Gasteiger partial charge on any atom is -0.452 e. The van der Waals surface area contributed by atoms with Crippen molar-refractivity contribution >= 4 is 34.7 Å². The number of rotatable bonds is 5. The second-order valence-electron chi connectivity index (χ2n) is 6.93. The molecule has 0 spiro atoms. The quantitative estimate of drug-likeness (QED) is 0.482. The van der Waals surface area contributed by atoms with Crippen LogP contribution in [0.1, 0.15) is 5.69 Å². The van der Waals surface area contributed by atoms with Crippen molar-refractivity contribution in [2.24, 2.45) is 0 Å². The zero-order valence-electron chi connectivity index (χ0n) is 16.5. The van der Waals surface area contributed by atoms with Crippen LogP contribution in [0, 0.1) is 0 Å². The number of para-hydroxylation sites is 1. The van der Waals surface area contributed by atoms with Crippen LogP contribution < -0.4 is 4.90 Å². The highest BCUT2D eigenvalue weighted by molar-refractivity contribution is 5.89. The third-order valence-electron chi connectivity index (χ3n) is 4.95. The van der Waals surface area contributed by atoms with Crippen molar-refractivity contribution < 1.29 is 14.3 Å². The van der Waals surface area contributed by atoms with Gasteiger partial charge in [0.15, 0.2) is 6.61 Å². The van der Waals surface area contributed by atoms with Crippen molar-refractivity contribution in [1.29, 1.82) is 0 Å². The molecule has 7 heteroatoms. The molecule has 1 aliphatic heterocycles. The molecule has 1 saturated heterocycles. The van der Waals surface area contributed by atoms with Gasteiger partial charge in [0.2, 0.25) is 0 Å². The van der Waals surface area contributed by atoms with Crippen molar-refractivity contribution in [3.05, 3.63) is 72.6 Å². The summed E-state index contributed by atoms with van der Waals surface area (Å²) in [6, 6.07) is 17.3. The SMILES string of the molecule is O=C(/C=C/c1ccc2ccccc2n1)OCC(=O)N1CCN(c2ccccn2)CC1. The topological polar surface area (TPSA) is 75.6 Å². The number of hydrogen-bond acceptors (Lipinski definition) is 6. The Balaban J connectivity index is 1.24. The van der Waals surface area contributed by atoms with Crippen LogP contribution in [-0.2, 0) is 14.3 Å². The van der Waals surface area contributed by atoms with Gasteiger partial charge in [0.25, 0.3) is 5.91 Å². The number of amides is 1. The first kappa shape index (κ1) is 19.6. The molecule has 3 heterocycles. The lowest BCUT2D eigenvalue weighted by Gasteiger charge is -2.35. The number of fused-ring (bicyclic) bond motifs is 1. The average molecular weight is 402 g/mol. The molecule has 2 aromatic heterocycles. The lowest BCUT2D eigenvalue weighted by molar-refractivity contribution is -0.148. The van der Waals surface area contributed by atoms with Crippen molar-refractivity contribution in [1.82, 2.24) is 14.9 Å². The number of hydrogen-bond donors (Lipinski definition) is 0. The zero-order valence-corrected chi connectivity index (χ0v) is 16.5. The van der Waals surface area contributed by atoms with Gasteiger partial charge in [-0.3, -0.25) is 4.79 Å². The highest BCUT2D eigenvalue weighted by Crippen LogP contribution is 2.13. The molecule has 4 rings (SSSR count). The molecule has 1 aromatic carbocycles. The molecule has 0 aliphatic carbocycles. The Morgan fingerprint density at radius 3 is 2.57 bits per heavy atom. The van der Waals surface area contributed by atoms with Gasteiger partial charge in [0, 0.05) is 43.8 Å². The summed E-state index contributed by atoms with van der Waals surface area (Å²) in [5.41, 5.74) is 1.51. The van der Waals surface area contributed by atoms with E-state index in [-0.39, 0.29) is 12.5 Å². The number of carbonyl (C=O) groups is 2. The van der Waals surface area contributed by atoms with E-state index in [0.717, 1.165) is 16.7 Å². The second-order valence-corrected chi connectivity index (χ2v) is 6.93. The summed E-state index contributed by atoms with van der Waals surface area (Å²) in [6.45, 7) is 2.28. The number of benzene rings is 1. The van der Waals surface area contributed by atoms with Crippen LogP contribution >= 0.6 is 0 Å². The number of ether oxygens (including phenoxy) is 1. The van der Waals surface area contributed by atoms with Crippen LogP contribution in [0.3, 0.4) is 0 Å². The van der Waals surface area contributed by atoms with Gasteiger partial charge in [-0.05, 0) is 30.3 Å². The maximum atomic E-state index is 12.3. The molecule has 0 N–H and O–H groups in total. The number of pyridine rings is 2. The van der Waals surface area contributed by atoms with E-state index in [0.29, 0.717) is 31.9 Å². The molecule has 3 aromatic rings. The average Bonchev–Trinajstić information content (AvgIpc) is 2.81. The van der Waals surface area contributed by atoms with Crippen LogP contribution in [-0.4, -0.2) is 59.5 Å². The minimum atomic E-state index is -0.564. The fourth-order valence-corrected chi connectivity index (χ4v) is 3.33. The van der Waals surface area contributed by atoms with Gasteiger partial charge in [-0.15, -0.1) is 0 Å². The van der Waals surface area contributed by atoms with Crippen LogP contribution in [0.2, 0.25) is 0 Å². The molecular formula is C23H22N4O3. The molecule has 1 amide bonds. The summed E-state index contributed by atoms with van der Waals surface area (Å²) >= 11 is 0. The summed E-state index contributed by atoms with van der Waals surface area (Å²) in [4.78, 5) is 37.0. The number of esters is 1. The van der Waals surface area contributed by atoms with Crippen LogP contribution in [0.15, 0.2) is 66.9 Å². The maximum Gasteiger partial charge on any atom is 0.331 e. The lowest BCUT2D eigenvalue weighted by Crippen LogP contribution is -2.50. The fraction of sp³-hybridized carbons (Fsp3) is 0.217. The molecule has 0 unspecified atom stereocenters. The standard InChI is InChI=1S/C23H22N4O3/c28-22(27-15-13-26(14-16-27)21-7-3-4-12-24-21)17-30-23(29)11-10-19-9-8-18-5-1-2-6-20(18)25-19/h1-12H,13-17H2/b11-10+. The molecule has 1 aliphatic rings. The summed E-state index contributed by atoms with van der Waals surface area (Å²) in [5.74, 6) is 0.148. The molecular weight excluding hydrogens is 380 g/mol. The maximum absolute atomic E-state index is 12.3. The fourth-order valence-electron chi connectivity index (χ4n) is 3.33. The first-order chi connectivity index (χ1) is 14.7. The van der Waals surface area contributed by atoms with Gasteiger partial charge in [-0.1, -0.05) is 30.3 Å². The van der Waals surface area contributed by atoms with Gasteiger partial charge in [-0.2, -0.15) is 0 Å². The minimum absolute atomic E-state index is 0.193. The zero-order chi connectivity index (χ0) is 20.8. The monoisotopic (exact) mass is 402 g/mol. The predicted octanol–water partition coefficient (Wildman–Crippen LogP) is 2.54. The van der Waals surface area contributed by atoms with E-state index >= 15 is 0 Å². The third kappa shape index (κ3) is 4.81. The Hall–Kier alpha value is -3.74. The first-order valence-electron chi connectivity index (χ1n) is 9.83. The Morgan fingerprint density at radius 1 is 0.967 bits per heavy atom. The van der Waals surface area contributed by atoms with E-state index in [4.69, 9.17) is 4.74 Å². The van der Waals surface area contributed by atoms with Crippen molar-refractivity contribution in [2.45, 2.75) is 0 Å². The highest BCUT2D eigenvalue weighted by Gasteiger charge is 2.22. The van der Waals surface area contributed by atoms with Crippen molar-refractivity contribution in [3.8, 4) is 0 Å². The summed E-state index contributed by atoms with van der Waals surface area (Å²) in [7, 11) is 0. The number of piperazine rings is 1. The Bertz CT molecular complexity index is 1060. The summed E-state index contributed by atoms with van der Waals surface area (Å²) in [6.07, 6.45) is 4.64. The van der Waals surface area contributed by atoms with E-state index < -0.39 is 5.97 Å². The molecule has 7 nitrogen and oxygen atoms in total. The Morgan fingerprint density at radius 2 is 1.77 bits per heavy atom. The van der Waals surface area contributed by atoms with Crippen molar-refractivity contribution in [3.63, 3.8) is 0 Å². The summed E-state index contributed by atoms with van der Waals surface area (Å²) < 4.78 is 5.11. The van der Waals surface area contributed by atoms with E-state index in [1.165, 1.54) is 6.08 Å². The molecule has 0 radical (unpaired) electrons. The Labute approximate surface area is 174 Å². The van der Waals surface area contributed by atoms with Crippen molar-refractivity contribution in [2.75, 3.05) is 37.7 Å². The molecule has 0 bridgehead atoms. The molecule has 30 heavy (non-hydrogen) atoms. The van der Waals surface area contributed by atoms with Gasteiger partial charge in [-0.25, -0.2) is 14.8 Å². The second kappa shape index (κ2) is 9.17. The molecule has 1 fully saturated rings. The summed E-state index contributed by atoms with van der Waals surface area (Å²) in [5, 5.41) is 1.03. The lowest BCUT2D eigenvalue weighted by atomic mass is 10.2. The number of carbonyl (C=O) groups excluding carboxylic acids is 2. The number of aromatic nitrogens is 2. The normalized spacial score (nSPS) is 14.3. The number of anilines is 1. The van der Waals surface area contributed by atoms with Gasteiger partial charge in [0.1, 0.15) is 5.82 Å². The van der Waals surface area contributed by atoms with Crippen LogP contribution in [0.4, 0.5) is 5.82 Å². The van der Waals surface area contributed by atoms with Gasteiger partial charge in [0.05, 0.1) is 11.2 Å². The third-order valence-corrected chi connectivity index (χ3v) is 4.95. The Kier molecular flexibility index (Phi) is 5.98. The molecule has 0 saturated carbocycles. The highest BCUT2D eigenvalue weighted by atomic mass is 16.5. The predicted molar refractivity (Wildman–Crippen MR) is 115 cm³/mol. The van der Waals surface area contributed by atoms with Gasteiger partial charge < -0.3 is 14.5 Å². The number of nitrogens with zero attached hydrogens (tertiary/aromatic N) is 4. The van der Waals surface area contributed by atoms with E-state index in [1.807, 2.05) is 54.6 Å².